The molecule has 0 fully saturated rings. The number of nitrogens with one attached hydrogen (secondary N) is 2. The van der Waals surface area contributed by atoms with Crippen LogP contribution in [-0.4, -0.2) is 26.0 Å². The molecule has 7 heteroatoms. The van der Waals surface area contributed by atoms with Crippen molar-refractivity contribution in [3.05, 3.63) is 57.3 Å². The third-order valence-corrected chi connectivity index (χ3v) is 6.26. The summed E-state index contributed by atoms with van der Waals surface area (Å²) in [6.45, 7) is 5.96. The Labute approximate surface area is 174 Å². The minimum atomic E-state index is -0.431. The van der Waals surface area contributed by atoms with E-state index in [-0.39, 0.29) is 5.91 Å². The largest absolute Gasteiger partial charge is 0.493 e. The van der Waals surface area contributed by atoms with Crippen molar-refractivity contribution in [1.82, 2.24) is 10.9 Å². The van der Waals surface area contributed by atoms with Gasteiger partial charge >= 0.3 is 0 Å². The molecular weight excluding hydrogens is 388 g/mol. The normalized spacial score (nSPS) is 15.2. The molecule has 1 atom stereocenters. The Hall–Kier alpha value is -2.80. The van der Waals surface area contributed by atoms with Gasteiger partial charge in [-0.15, -0.1) is 17.9 Å². The van der Waals surface area contributed by atoms with Gasteiger partial charge in [-0.1, -0.05) is 13.0 Å². The first kappa shape index (κ1) is 20.9. The fraction of sp³-hybridized carbons (Fsp3) is 0.364. The van der Waals surface area contributed by atoms with Gasteiger partial charge in [0.05, 0.1) is 19.1 Å². The van der Waals surface area contributed by atoms with E-state index in [1.807, 2.05) is 6.07 Å². The maximum atomic E-state index is 12.6. The highest BCUT2D eigenvalue weighted by Gasteiger charge is 2.21. The van der Waals surface area contributed by atoms with Crippen molar-refractivity contribution < 1.29 is 19.1 Å². The van der Waals surface area contributed by atoms with Crippen LogP contribution >= 0.6 is 11.3 Å². The molecule has 1 heterocycles. The van der Waals surface area contributed by atoms with E-state index in [0.717, 1.165) is 24.8 Å². The van der Waals surface area contributed by atoms with Gasteiger partial charge in [0.25, 0.3) is 11.8 Å². The van der Waals surface area contributed by atoms with E-state index >= 15 is 0 Å². The van der Waals surface area contributed by atoms with Crippen LogP contribution in [0.15, 0.2) is 30.9 Å². The van der Waals surface area contributed by atoms with Gasteiger partial charge < -0.3 is 9.47 Å². The SMILES string of the molecule is C=CCc1cc(C(=O)NNC(=O)c2cc3c(s2)CCC(C)C3)cc(OC)c1OC. The summed E-state index contributed by atoms with van der Waals surface area (Å²) in [5.41, 5.74) is 7.39. The molecule has 0 bridgehead atoms. The number of ether oxygens (including phenoxy) is 2. The number of methoxy groups -OCH3 is 2. The van der Waals surface area contributed by atoms with Crippen molar-refractivity contribution in [2.24, 2.45) is 5.92 Å². The first-order valence-corrected chi connectivity index (χ1v) is 10.4. The molecule has 0 saturated carbocycles. The fourth-order valence-electron chi connectivity index (χ4n) is 3.55. The van der Waals surface area contributed by atoms with Gasteiger partial charge in [-0.25, -0.2) is 0 Å². The van der Waals surface area contributed by atoms with Crippen molar-refractivity contribution in [2.45, 2.75) is 32.6 Å². The third kappa shape index (κ3) is 4.62. The van der Waals surface area contributed by atoms with E-state index in [0.29, 0.717) is 34.3 Å². The molecule has 2 amide bonds. The lowest BCUT2D eigenvalue weighted by Gasteiger charge is -2.16. The lowest BCUT2D eigenvalue weighted by Crippen LogP contribution is -2.41. The monoisotopic (exact) mass is 414 g/mol. The fourth-order valence-corrected chi connectivity index (χ4v) is 4.65. The average molecular weight is 415 g/mol. The molecule has 29 heavy (non-hydrogen) atoms. The number of allylic oxidation sites excluding steroid dienone is 1. The number of aryl methyl sites for hydroxylation is 1. The van der Waals surface area contributed by atoms with Crippen molar-refractivity contribution in [2.75, 3.05) is 14.2 Å². The minimum Gasteiger partial charge on any atom is -0.493 e. The van der Waals surface area contributed by atoms with E-state index < -0.39 is 5.91 Å². The average Bonchev–Trinajstić information content (AvgIpc) is 3.14. The first-order chi connectivity index (χ1) is 14.0. The van der Waals surface area contributed by atoms with Gasteiger partial charge in [0.2, 0.25) is 0 Å². The van der Waals surface area contributed by atoms with Crippen molar-refractivity contribution >= 4 is 23.2 Å². The number of hydrazine groups is 1. The second-order valence-electron chi connectivity index (χ2n) is 7.18. The molecule has 0 saturated heterocycles. The molecule has 0 aliphatic heterocycles. The second kappa shape index (κ2) is 9.13. The molecule has 1 aromatic carbocycles. The van der Waals surface area contributed by atoms with Crippen LogP contribution in [0.2, 0.25) is 0 Å². The maximum absolute atomic E-state index is 12.6. The molecule has 6 nitrogen and oxygen atoms in total. The smallest absolute Gasteiger partial charge is 0.279 e. The molecule has 1 aliphatic rings. The molecule has 0 spiro atoms. The molecule has 1 unspecified atom stereocenters. The van der Waals surface area contributed by atoms with Crippen LogP contribution < -0.4 is 20.3 Å². The highest BCUT2D eigenvalue weighted by atomic mass is 32.1. The van der Waals surface area contributed by atoms with Crippen molar-refractivity contribution in [1.29, 1.82) is 0 Å². The van der Waals surface area contributed by atoms with Crippen LogP contribution in [0.25, 0.3) is 0 Å². The summed E-state index contributed by atoms with van der Waals surface area (Å²) < 4.78 is 10.7. The molecule has 0 radical (unpaired) electrons. The predicted octanol–water partition coefficient (Wildman–Crippen LogP) is 3.69. The summed E-state index contributed by atoms with van der Waals surface area (Å²) in [4.78, 5) is 27.0. The topological polar surface area (TPSA) is 76.7 Å². The Morgan fingerprint density at radius 3 is 2.66 bits per heavy atom. The number of rotatable bonds is 6. The number of carbonyl (C=O) groups is 2. The summed E-state index contributed by atoms with van der Waals surface area (Å²) in [6, 6.07) is 5.23. The molecule has 1 aliphatic carbocycles. The molecule has 2 aromatic rings. The van der Waals surface area contributed by atoms with Crippen LogP contribution in [0, 0.1) is 5.92 Å². The van der Waals surface area contributed by atoms with E-state index in [9.17, 15) is 9.59 Å². The van der Waals surface area contributed by atoms with Crippen LogP contribution in [-0.2, 0) is 19.3 Å². The van der Waals surface area contributed by atoms with Crippen LogP contribution in [0.3, 0.4) is 0 Å². The van der Waals surface area contributed by atoms with Crippen molar-refractivity contribution in [3.63, 3.8) is 0 Å². The van der Waals surface area contributed by atoms with Crippen molar-refractivity contribution in [3.8, 4) is 11.5 Å². The Kier molecular flexibility index (Phi) is 6.59. The van der Waals surface area contributed by atoms with Crippen LogP contribution in [0.4, 0.5) is 0 Å². The second-order valence-corrected chi connectivity index (χ2v) is 8.32. The maximum Gasteiger partial charge on any atom is 0.279 e. The zero-order chi connectivity index (χ0) is 21.0. The van der Waals surface area contributed by atoms with Gasteiger partial charge in [-0.2, -0.15) is 0 Å². The zero-order valence-electron chi connectivity index (χ0n) is 17.0. The number of benzene rings is 1. The summed E-state index contributed by atoms with van der Waals surface area (Å²) >= 11 is 1.50. The predicted molar refractivity (Wildman–Crippen MR) is 114 cm³/mol. The van der Waals surface area contributed by atoms with Gasteiger partial charge in [-0.3, -0.25) is 20.4 Å². The summed E-state index contributed by atoms with van der Waals surface area (Å²) in [5.74, 6) is 0.911. The van der Waals surface area contributed by atoms with E-state index in [1.54, 1.807) is 25.3 Å². The number of hydrogen-bond donors (Lipinski definition) is 2. The standard InChI is InChI=1S/C22H26N2O4S/c1-5-6-14-10-16(11-17(27-3)20(14)28-4)21(25)23-24-22(26)19-12-15-9-13(2)7-8-18(15)29-19/h5,10-13H,1,6-9H2,2-4H3,(H,23,25)(H,24,26). The summed E-state index contributed by atoms with van der Waals surface area (Å²) in [7, 11) is 3.06. The minimum absolute atomic E-state index is 0.308. The number of amides is 2. The summed E-state index contributed by atoms with van der Waals surface area (Å²) in [5, 5.41) is 0. The van der Waals surface area contributed by atoms with Crippen LogP contribution in [0.5, 0.6) is 11.5 Å². The lowest BCUT2D eigenvalue weighted by molar-refractivity contribution is 0.0848. The molecule has 3 rings (SSSR count). The lowest BCUT2D eigenvalue weighted by atomic mass is 9.90. The highest BCUT2D eigenvalue weighted by molar-refractivity contribution is 7.14. The zero-order valence-corrected chi connectivity index (χ0v) is 17.8. The van der Waals surface area contributed by atoms with Gasteiger partial charge in [-0.05, 0) is 55.4 Å². The number of thiophene rings is 1. The molecule has 154 valence electrons. The third-order valence-electron chi connectivity index (χ3n) is 5.02. The van der Waals surface area contributed by atoms with Gasteiger partial charge in [0.1, 0.15) is 0 Å². The quantitative estimate of drug-likeness (QED) is 0.558. The Bertz CT molecular complexity index is 935. The van der Waals surface area contributed by atoms with E-state index in [1.165, 1.54) is 28.9 Å². The van der Waals surface area contributed by atoms with E-state index in [2.05, 4.69) is 24.4 Å². The van der Waals surface area contributed by atoms with Crippen LogP contribution in [0.1, 0.15) is 49.4 Å². The Morgan fingerprint density at radius 1 is 1.21 bits per heavy atom. The highest BCUT2D eigenvalue weighted by Crippen LogP contribution is 2.33. The molecular formula is C22H26N2O4S. The number of carbonyl (C=O) groups excluding carboxylic acids is 2. The number of fused-ring (bicyclic) bond motifs is 1. The van der Waals surface area contributed by atoms with E-state index in [4.69, 9.17) is 9.47 Å². The number of hydrogen-bond acceptors (Lipinski definition) is 5. The Balaban J connectivity index is 1.71. The summed E-state index contributed by atoms with van der Waals surface area (Å²) in [6.07, 6.45) is 5.41. The van der Waals surface area contributed by atoms with Gasteiger partial charge in [0, 0.05) is 16.0 Å². The Morgan fingerprint density at radius 2 is 1.97 bits per heavy atom. The van der Waals surface area contributed by atoms with Gasteiger partial charge in [0.15, 0.2) is 11.5 Å². The first-order valence-electron chi connectivity index (χ1n) is 9.54. The molecule has 2 N–H and O–H groups in total. The molecule has 1 aromatic heterocycles.